The maximum Gasteiger partial charge on any atom is 0.172 e. The van der Waals surface area contributed by atoms with Gasteiger partial charge in [0.15, 0.2) is 5.78 Å². The summed E-state index contributed by atoms with van der Waals surface area (Å²) in [5.74, 6) is 0.205. The highest BCUT2D eigenvalue weighted by molar-refractivity contribution is 7.14. The van der Waals surface area contributed by atoms with E-state index >= 15 is 0 Å². The van der Waals surface area contributed by atoms with Gasteiger partial charge in [-0.2, -0.15) is 0 Å². The number of carbonyl (C=O) groups is 1. The van der Waals surface area contributed by atoms with Gasteiger partial charge in [0.1, 0.15) is 0 Å². The summed E-state index contributed by atoms with van der Waals surface area (Å²) in [4.78, 5) is 14.2. The lowest BCUT2D eigenvalue weighted by Crippen LogP contribution is -2.40. The summed E-state index contributed by atoms with van der Waals surface area (Å²) in [6.45, 7) is 2.51. The third-order valence-corrected chi connectivity index (χ3v) is 5.88. The molecule has 24 heavy (non-hydrogen) atoms. The van der Waals surface area contributed by atoms with Crippen LogP contribution in [0.4, 0.5) is 0 Å². The maximum absolute atomic E-state index is 12.3. The van der Waals surface area contributed by atoms with Crippen LogP contribution in [0.25, 0.3) is 0 Å². The highest BCUT2D eigenvalue weighted by Gasteiger charge is 2.18. The molecule has 1 aliphatic rings. The number of ketones is 1. The molecule has 1 aromatic heterocycles. The lowest BCUT2D eigenvalue weighted by atomic mass is 9.98. The summed E-state index contributed by atoms with van der Waals surface area (Å²) in [5, 5.41) is 9.19. The van der Waals surface area contributed by atoms with Crippen molar-refractivity contribution in [1.82, 2.24) is 0 Å². The van der Waals surface area contributed by atoms with E-state index in [9.17, 15) is 9.90 Å². The number of Topliss-reactive ketones (excluding diaryl/α,β-unsaturated/α-hetero) is 1. The van der Waals surface area contributed by atoms with Crippen LogP contribution in [0.3, 0.4) is 0 Å². The molecule has 3 N–H and O–H groups in total. The van der Waals surface area contributed by atoms with Crippen LogP contribution in [-0.4, -0.2) is 35.7 Å². The number of thiophene rings is 1. The van der Waals surface area contributed by atoms with Gasteiger partial charge in [-0.05, 0) is 51.2 Å². The fourth-order valence-corrected chi connectivity index (χ4v) is 3.96. The van der Waals surface area contributed by atoms with E-state index in [0.717, 1.165) is 22.6 Å². The van der Waals surface area contributed by atoms with E-state index in [4.69, 9.17) is 10.5 Å². The Morgan fingerprint density at radius 2 is 2.12 bits per heavy atom. The van der Waals surface area contributed by atoms with Gasteiger partial charge in [-0.25, -0.2) is 0 Å². The van der Waals surface area contributed by atoms with Crippen LogP contribution in [0, 0.1) is 0 Å². The first-order chi connectivity index (χ1) is 11.5. The standard InChI is InChI=1S/C19H31NO3S/c1-19(20,14-21)12-11-16-9-10-18(24-16)17(22)8-5-13-23-15-6-3-2-4-7-15/h9-10,15,21H,2-8,11-14,20H2,1H3. The Bertz CT molecular complexity index is 506. The molecule has 0 aliphatic heterocycles. The van der Waals surface area contributed by atoms with Gasteiger partial charge < -0.3 is 15.6 Å². The summed E-state index contributed by atoms with van der Waals surface area (Å²) in [6, 6.07) is 3.92. The lowest BCUT2D eigenvalue weighted by molar-refractivity contribution is 0.0264. The average Bonchev–Trinajstić information content (AvgIpc) is 3.07. The van der Waals surface area contributed by atoms with Crippen molar-refractivity contribution in [3.05, 3.63) is 21.9 Å². The molecule has 0 bridgehead atoms. The second kappa shape index (κ2) is 9.66. The van der Waals surface area contributed by atoms with Crippen molar-refractivity contribution in [2.45, 2.75) is 76.4 Å². The number of hydrogen-bond donors (Lipinski definition) is 2. The number of hydrogen-bond acceptors (Lipinski definition) is 5. The summed E-state index contributed by atoms with van der Waals surface area (Å²) in [6.07, 6.45) is 9.53. The highest BCUT2D eigenvalue weighted by atomic mass is 32.1. The SMILES string of the molecule is CC(N)(CO)CCc1ccc(C(=O)CCCOC2CCCCC2)s1. The number of carbonyl (C=O) groups excluding carboxylic acids is 1. The third-order valence-electron chi connectivity index (χ3n) is 4.69. The zero-order chi connectivity index (χ0) is 17.4. The monoisotopic (exact) mass is 353 g/mol. The van der Waals surface area contributed by atoms with Gasteiger partial charge in [0.25, 0.3) is 0 Å². The van der Waals surface area contributed by atoms with E-state index < -0.39 is 5.54 Å². The zero-order valence-corrected chi connectivity index (χ0v) is 15.6. The van der Waals surface area contributed by atoms with Crippen molar-refractivity contribution in [2.24, 2.45) is 5.73 Å². The Kier molecular flexibility index (Phi) is 7.88. The molecule has 0 amide bonds. The van der Waals surface area contributed by atoms with E-state index in [1.54, 1.807) is 11.3 Å². The largest absolute Gasteiger partial charge is 0.394 e. The van der Waals surface area contributed by atoms with Gasteiger partial charge in [0.2, 0.25) is 0 Å². The molecule has 2 rings (SSSR count). The van der Waals surface area contributed by atoms with E-state index in [1.807, 2.05) is 19.1 Å². The normalized spacial score (nSPS) is 18.5. The Hall–Kier alpha value is -0.750. The van der Waals surface area contributed by atoms with Gasteiger partial charge in [-0.15, -0.1) is 11.3 Å². The Balaban J connectivity index is 1.67. The third kappa shape index (κ3) is 6.63. The molecular formula is C19H31NO3S. The van der Waals surface area contributed by atoms with Crippen LogP contribution in [0.1, 0.15) is 72.8 Å². The second-order valence-corrected chi connectivity index (χ2v) is 8.40. The van der Waals surface area contributed by atoms with Crippen molar-refractivity contribution in [2.75, 3.05) is 13.2 Å². The summed E-state index contributed by atoms with van der Waals surface area (Å²) in [7, 11) is 0. The number of aliphatic hydroxyl groups excluding tert-OH is 1. The molecule has 0 radical (unpaired) electrons. The summed E-state index contributed by atoms with van der Waals surface area (Å²) >= 11 is 1.55. The van der Waals surface area contributed by atoms with E-state index in [2.05, 4.69) is 0 Å². The summed E-state index contributed by atoms with van der Waals surface area (Å²) < 4.78 is 5.88. The molecule has 1 unspecified atom stereocenters. The van der Waals surface area contributed by atoms with Gasteiger partial charge in [0, 0.05) is 23.4 Å². The molecule has 1 fully saturated rings. The maximum atomic E-state index is 12.3. The summed E-state index contributed by atoms with van der Waals surface area (Å²) in [5.41, 5.74) is 5.40. The molecule has 1 aromatic rings. The van der Waals surface area contributed by atoms with Gasteiger partial charge in [-0.1, -0.05) is 19.3 Å². The van der Waals surface area contributed by atoms with Gasteiger partial charge in [0.05, 0.1) is 17.6 Å². The van der Waals surface area contributed by atoms with E-state index in [1.165, 1.54) is 32.1 Å². The fourth-order valence-electron chi connectivity index (χ4n) is 2.99. The minimum atomic E-state index is -0.551. The molecular weight excluding hydrogens is 322 g/mol. The van der Waals surface area contributed by atoms with Crippen molar-refractivity contribution < 1.29 is 14.6 Å². The average molecular weight is 354 g/mol. The Morgan fingerprint density at radius 1 is 1.38 bits per heavy atom. The first-order valence-corrected chi connectivity index (χ1v) is 9.95. The predicted octanol–water partition coefficient (Wildman–Crippen LogP) is 3.70. The first kappa shape index (κ1) is 19.6. The molecule has 1 atom stereocenters. The highest BCUT2D eigenvalue weighted by Crippen LogP contribution is 2.23. The minimum absolute atomic E-state index is 0.0227. The van der Waals surface area contributed by atoms with Crippen molar-refractivity contribution in [3.8, 4) is 0 Å². The molecule has 1 heterocycles. The second-order valence-electron chi connectivity index (χ2n) is 7.24. The van der Waals surface area contributed by atoms with Crippen molar-refractivity contribution in [3.63, 3.8) is 0 Å². The molecule has 1 saturated carbocycles. The first-order valence-electron chi connectivity index (χ1n) is 9.13. The van der Waals surface area contributed by atoms with Gasteiger partial charge >= 0.3 is 0 Å². The van der Waals surface area contributed by atoms with Crippen LogP contribution in [0.2, 0.25) is 0 Å². The minimum Gasteiger partial charge on any atom is -0.394 e. The molecule has 136 valence electrons. The molecule has 0 aromatic carbocycles. The number of ether oxygens (including phenoxy) is 1. The Morgan fingerprint density at radius 3 is 2.83 bits per heavy atom. The predicted molar refractivity (Wildman–Crippen MR) is 98.7 cm³/mol. The van der Waals surface area contributed by atoms with Crippen molar-refractivity contribution >= 4 is 17.1 Å². The quantitative estimate of drug-likeness (QED) is 0.497. The molecule has 0 spiro atoms. The van der Waals surface area contributed by atoms with Crippen molar-refractivity contribution in [1.29, 1.82) is 0 Å². The van der Waals surface area contributed by atoms with E-state index in [-0.39, 0.29) is 12.4 Å². The van der Waals surface area contributed by atoms with Gasteiger partial charge in [-0.3, -0.25) is 4.79 Å². The number of nitrogens with two attached hydrogens (primary N) is 1. The fraction of sp³-hybridized carbons (Fsp3) is 0.737. The zero-order valence-electron chi connectivity index (χ0n) is 14.8. The number of aliphatic hydroxyl groups is 1. The smallest absolute Gasteiger partial charge is 0.172 e. The Labute approximate surface area is 149 Å². The molecule has 5 heteroatoms. The molecule has 1 aliphatic carbocycles. The van der Waals surface area contributed by atoms with Crippen LogP contribution in [0.15, 0.2) is 12.1 Å². The topological polar surface area (TPSA) is 72.5 Å². The molecule has 0 saturated heterocycles. The van der Waals surface area contributed by atoms with Crippen LogP contribution >= 0.6 is 11.3 Å². The molecule has 4 nitrogen and oxygen atoms in total. The van der Waals surface area contributed by atoms with Crippen LogP contribution in [-0.2, 0) is 11.2 Å². The van der Waals surface area contributed by atoms with Crippen LogP contribution < -0.4 is 5.73 Å². The van der Waals surface area contributed by atoms with E-state index in [0.29, 0.717) is 25.6 Å². The van der Waals surface area contributed by atoms with Crippen LogP contribution in [0.5, 0.6) is 0 Å². The number of rotatable bonds is 10. The lowest BCUT2D eigenvalue weighted by Gasteiger charge is -2.21. The number of aryl methyl sites for hydroxylation is 1.